The second kappa shape index (κ2) is 12.8. The standard InChI is InChI=1S/C27H32N6O3/c1-36-18-6-13-29-25(34)21-31-14-16-32(17-15-31)26(35)11-10-23-20-33(24-8-3-2-4-9-24)30-27(23)22-7-5-12-28-19-22/h2-5,7-12,19-20H,6,13-18,21H2,1H3,(H,29,34)/b11-10+. The molecule has 3 aromatic rings. The summed E-state index contributed by atoms with van der Waals surface area (Å²) in [6.07, 6.45) is 9.63. The maximum atomic E-state index is 12.9. The van der Waals surface area contributed by atoms with Crippen molar-refractivity contribution >= 4 is 17.9 Å². The zero-order chi connectivity index (χ0) is 25.2. The van der Waals surface area contributed by atoms with E-state index < -0.39 is 0 Å². The van der Waals surface area contributed by atoms with Crippen molar-refractivity contribution in [2.24, 2.45) is 0 Å². The molecule has 9 nitrogen and oxygen atoms in total. The molecule has 1 N–H and O–H groups in total. The molecule has 3 heterocycles. The topological polar surface area (TPSA) is 92.6 Å². The Hall–Kier alpha value is -3.82. The van der Waals surface area contributed by atoms with Gasteiger partial charge in [-0.2, -0.15) is 5.10 Å². The number of hydrogen-bond acceptors (Lipinski definition) is 6. The maximum Gasteiger partial charge on any atom is 0.246 e. The van der Waals surface area contributed by atoms with Gasteiger partial charge in [0, 0.05) is 82.2 Å². The number of amides is 2. The summed E-state index contributed by atoms with van der Waals surface area (Å²) in [5, 5.41) is 7.66. The van der Waals surface area contributed by atoms with Gasteiger partial charge in [0.1, 0.15) is 5.69 Å². The second-order valence-corrected chi connectivity index (χ2v) is 8.59. The van der Waals surface area contributed by atoms with E-state index in [1.165, 1.54) is 0 Å². The molecule has 1 aliphatic heterocycles. The van der Waals surface area contributed by atoms with Gasteiger partial charge in [-0.05, 0) is 36.8 Å². The quantitative estimate of drug-likeness (QED) is 0.348. The smallest absolute Gasteiger partial charge is 0.246 e. The zero-order valence-corrected chi connectivity index (χ0v) is 20.5. The van der Waals surface area contributed by atoms with Crippen LogP contribution in [-0.2, 0) is 14.3 Å². The lowest BCUT2D eigenvalue weighted by Crippen LogP contribution is -2.50. The van der Waals surface area contributed by atoms with E-state index in [9.17, 15) is 9.59 Å². The van der Waals surface area contributed by atoms with Gasteiger partial charge in [-0.1, -0.05) is 18.2 Å². The number of carbonyl (C=O) groups excluding carboxylic acids is 2. The van der Waals surface area contributed by atoms with Gasteiger partial charge in [-0.25, -0.2) is 4.68 Å². The third kappa shape index (κ3) is 6.87. The largest absolute Gasteiger partial charge is 0.385 e. The van der Waals surface area contributed by atoms with E-state index >= 15 is 0 Å². The first-order valence-corrected chi connectivity index (χ1v) is 12.1. The van der Waals surface area contributed by atoms with Crippen LogP contribution in [0.25, 0.3) is 23.0 Å². The highest BCUT2D eigenvalue weighted by Crippen LogP contribution is 2.24. The minimum atomic E-state index is -0.0525. The predicted octanol–water partition coefficient (Wildman–Crippen LogP) is 2.24. The molecule has 1 aliphatic rings. The molecule has 0 aliphatic carbocycles. The molecular formula is C27H32N6O3. The van der Waals surface area contributed by atoms with E-state index in [1.54, 1.807) is 25.6 Å². The number of aromatic nitrogens is 3. The van der Waals surface area contributed by atoms with Gasteiger partial charge < -0.3 is 15.0 Å². The fraction of sp³-hybridized carbons (Fsp3) is 0.333. The van der Waals surface area contributed by atoms with Crippen molar-refractivity contribution in [1.82, 2.24) is 29.9 Å². The molecule has 0 atom stereocenters. The summed E-state index contributed by atoms with van der Waals surface area (Å²) in [7, 11) is 1.65. The molecule has 0 bridgehead atoms. The lowest BCUT2D eigenvalue weighted by molar-refractivity contribution is -0.128. The molecule has 36 heavy (non-hydrogen) atoms. The van der Waals surface area contributed by atoms with Gasteiger partial charge in [0.25, 0.3) is 0 Å². The number of methoxy groups -OCH3 is 1. The second-order valence-electron chi connectivity index (χ2n) is 8.59. The summed E-state index contributed by atoms with van der Waals surface area (Å²) >= 11 is 0. The molecule has 2 amide bonds. The van der Waals surface area contributed by atoms with Crippen molar-refractivity contribution in [1.29, 1.82) is 0 Å². The summed E-state index contributed by atoms with van der Waals surface area (Å²) in [4.78, 5) is 33.1. The van der Waals surface area contributed by atoms with E-state index in [0.717, 1.165) is 28.9 Å². The first-order valence-electron chi connectivity index (χ1n) is 12.1. The number of nitrogens with zero attached hydrogens (tertiary/aromatic N) is 5. The molecule has 2 aromatic heterocycles. The van der Waals surface area contributed by atoms with E-state index in [1.807, 2.05) is 64.3 Å². The van der Waals surface area contributed by atoms with E-state index in [-0.39, 0.29) is 11.8 Å². The normalized spacial score (nSPS) is 14.3. The molecule has 9 heteroatoms. The SMILES string of the molecule is COCCCNC(=O)CN1CCN(C(=O)/C=C/c2cn(-c3ccccc3)nc2-c2cccnc2)CC1. The number of benzene rings is 1. The number of rotatable bonds is 10. The summed E-state index contributed by atoms with van der Waals surface area (Å²) < 4.78 is 6.81. The highest BCUT2D eigenvalue weighted by molar-refractivity contribution is 5.93. The van der Waals surface area contributed by atoms with Crippen LogP contribution in [0.15, 0.2) is 67.1 Å². The van der Waals surface area contributed by atoms with Crippen molar-refractivity contribution in [3.05, 3.63) is 72.7 Å². The lowest BCUT2D eigenvalue weighted by Gasteiger charge is -2.33. The molecule has 188 valence electrons. The Morgan fingerprint density at radius 3 is 2.61 bits per heavy atom. The highest BCUT2D eigenvalue weighted by Gasteiger charge is 2.21. The third-order valence-electron chi connectivity index (χ3n) is 6.00. The molecule has 1 fully saturated rings. The summed E-state index contributed by atoms with van der Waals surface area (Å²) in [6, 6.07) is 13.7. The molecule has 0 spiro atoms. The van der Waals surface area contributed by atoms with Crippen LogP contribution in [-0.4, -0.2) is 89.4 Å². The number of hydrogen-bond donors (Lipinski definition) is 1. The predicted molar refractivity (Wildman–Crippen MR) is 138 cm³/mol. The van der Waals surface area contributed by atoms with Crippen LogP contribution in [0.4, 0.5) is 0 Å². The minimum absolute atomic E-state index is 0.00383. The number of piperazine rings is 1. The Labute approximate surface area is 211 Å². The van der Waals surface area contributed by atoms with Crippen LogP contribution in [0.1, 0.15) is 12.0 Å². The fourth-order valence-corrected chi connectivity index (χ4v) is 4.05. The van der Waals surface area contributed by atoms with Crippen LogP contribution >= 0.6 is 0 Å². The molecule has 0 unspecified atom stereocenters. The number of para-hydroxylation sites is 1. The van der Waals surface area contributed by atoms with Gasteiger partial charge in [0.2, 0.25) is 11.8 Å². The monoisotopic (exact) mass is 488 g/mol. The lowest BCUT2D eigenvalue weighted by atomic mass is 10.1. The molecule has 1 saturated heterocycles. The Balaban J connectivity index is 1.37. The Morgan fingerprint density at radius 2 is 1.89 bits per heavy atom. The summed E-state index contributed by atoms with van der Waals surface area (Å²) in [6.45, 7) is 4.08. The fourth-order valence-electron chi connectivity index (χ4n) is 4.05. The number of pyridine rings is 1. The van der Waals surface area contributed by atoms with Crippen molar-refractivity contribution in [2.45, 2.75) is 6.42 Å². The van der Waals surface area contributed by atoms with Crippen molar-refractivity contribution < 1.29 is 14.3 Å². The van der Waals surface area contributed by atoms with Crippen LogP contribution in [0.3, 0.4) is 0 Å². The van der Waals surface area contributed by atoms with Gasteiger partial charge in [-0.15, -0.1) is 0 Å². The Bertz CT molecular complexity index is 1150. The molecule has 4 rings (SSSR count). The van der Waals surface area contributed by atoms with Crippen molar-refractivity contribution in [3.63, 3.8) is 0 Å². The van der Waals surface area contributed by atoms with Crippen LogP contribution < -0.4 is 5.32 Å². The molecule has 0 radical (unpaired) electrons. The number of carbonyl (C=O) groups is 2. The average Bonchev–Trinajstić information content (AvgIpc) is 3.35. The van der Waals surface area contributed by atoms with Gasteiger partial charge in [0.15, 0.2) is 0 Å². The van der Waals surface area contributed by atoms with E-state index in [2.05, 4.69) is 15.2 Å². The third-order valence-corrected chi connectivity index (χ3v) is 6.00. The van der Waals surface area contributed by atoms with Gasteiger partial charge >= 0.3 is 0 Å². The Kier molecular flexibility index (Phi) is 8.96. The van der Waals surface area contributed by atoms with E-state index in [0.29, 0.717) is 45.9 Å². The van der Waals surface area contributed by atoms with Gasteiger partial charge in [-0.3, -0.25) is 19.5 Å². The average molecular weight is 489 g/mol. The molecular weight excluding hydrogens is 456 g/mol. The van der Waals surface area contributed by atoms with Crippen molar-refractivity contribution in [3.8, 4) is 16.9 Å². The number of nitrogens with one attached hydrogen (secondary N) is 1. The highest BCUT2D eigenvalue weighted by atomic mass is 16.5. The Morgan fingerprint density at radius 1 is 1.08 bits per heavy atom. The summed E-state index contributed by atoms with van der Waals surface area (Å²) in [5.74, 6) is -0.0487. The maximum absolute atomic E-state index is 12.9. The summed E-state index contributed by atoms with van der Waals surface area (Å²) in [5.41, 5.74) is 3.42. The van der Waals surface area contributed by atoms with Gasteiger partial charge in [0.05, 0.1) is 12.2 Å². The first-order chi connectivity index (χ1) is 17.6. The minimum Gasteiger partial charge on any atom is -0.385 e. The molecule has 0 saturated carbocycles. The van der Waals surface area contributed by atoms with Crippen LogP contribution in [0.2, 0.25) is 0 Å². The van der Waals surface area contributed by atoms with Crippen LogP contribution in [0, 0.1) is 0 Å². The number of ether oxygens (including phenoxy) is 1. The zero-order valence-electron chi connectivity index (χ0n) is 20.5. The first kappa shape index (κ1) is 25.3. The van der Waals surface area contributed by atoms with Crippen LogP contribution in [0.5, 0.6) is 0 Å². The van der Waals surface area contributed by atoms with Crippen molar-refractivity contribution in [2.75, 3.05) is 53.0 Å². The molecule has 1 aromatic carbocycles. The van der Waals surface area contributed by atoms with E-state index in [4.69, 9.17) is 9.84 Å².